The molecule has 0 saturated carbocycles. The van der Waals surface area contributed by atoms with Crippen molar-refractivity contribution in [1.82, 2.24) is 10.6 Å². The quantitative estimate of drug-likeness (QED) is 0.734. The molecule has 0 aromatic carbocycles. The van der Waals surface area contributed by atoms with E-state index in [2.05, 4.69) is 17.6 Å². The summed E-state index contributed by atoms with van der Waals surface area (Å²) in [5, 5.41) is 6.27. The van der Waals surface area contributed by atoms with Gasteiger partial charge in [-0.15, -0.1) is 12.4 Å². The van der Waals surface area contributed by atoms with Gasteiger partial charge in [0.1, 0.15) is 9.84 Å². The number of sulfone groups is 1. The number of carbonyl (C=O) groups is 1. The maximum atomic E-state index is 12.0. The monoisotopic (exact) mass is 340 g/mol. The highest BCUT2D eigenvalue weighted by atomic mass is 35.5. The summed E-state index contributed by atoms with van der Waals surface area (Å²) in [6.45, 7) is 6.06. The van der Waals surface area contributed by atoms with Gasteiger partial charge in [0.05, 0.1) is 5.75 Å². The van der Waals surface area contributed by atoms with Gasteiger partial charge in [0.2, 0.25) is 5.91 Å². The second-order valence-electron chi connectivity index (χ2n) is 6.17. The highest BCUT2D eigenvalue weighted by Gasteiger charge is 2.22. The predicted molar refractivity (Wildman–Crippen MR) is 88.6 cm³/mol. The smallest absolute Gasteiger partial charge is 0.220 e. The third-order valence-electron chi connectivity index (χ3n) is 3.98. The average molecular weight is 341 g/mol. The molecule has 0 radical (unpaired) electrons. The van der Waals surface area contributed by atoms with Gasteiger partial charge in [0.15, 0.2) is 0 Å². The lowest BCUT2D eigenvalue weighted by atomic mass is 9.85. The van der Waals surface area contributed by atoms with E-state index in [0.717, 1.165) is 13.1 Å². The molecule has 1 rings (SSSR count). The van der Waals surface area contributed by atoms with E-state index < -0.39 is 9.84 Å². The molecule has 126 valence electrons. The first-order chi connectivity index (χ1) is 9.28. The number of piperidine rings is 1. The molecular weight excluding hydrogens is 312 g/mol. The van der Waals surface area contributed by atoms with Crippen molar-refractivity contribution >= 4 is 28.2 Å². The standard InChI is InChI=1S/C14H28N2O3S.ClH/c1-11(13-5-4-7-15-10-13)9-14(17)16-12(2)6-8-20(3,18)19;/h11-13,15H,4-10H2,1-3H3,(H,16,17);1H. The van der Waals surface area contributed by atoms with Gasteiger partial charge in [-0.2, -0.15) is 0 Å². The van der Waals surface area contributed by atoms with Crippen molar-refractivity contribution in [2.24, 2.45) is 11.8 Å². The summed E-state index contributed by atoms with van der Waals surface area (Å²) in [5.74, 6) is 1.09. The summed E-state index contributed by atoms with van der Waals surface area (Å²) in [6, 6.07) is -0.0890. The van der Waals surface area contributed by atoms with E-state index >= 15 is 0 Å². The molecule has 3 atom stereocenters. The molecule has 5 nitrogen and oxygen atoms in total. The minimum absolute atomic E-state index is 0. The van der Waals surface area contributed by atoms with Crippen LogP contribution in [0.5, 0.6) is 0 Å². The Morgan fingerprint density at radius 3 is 2.57 bits per heavy atom. The second kappa shape index (κ2) is 9.64. The van der Waals surface area contributed by atoms with Gasteiger partial charge in [-0.1, -0.05) is 6.92 Å². The zero-order chi connectivity index (χ0) is 15.2. The molecule has 2 N–H and O–H groups in total. The van der Waals surface area contributed by atoms with Crippen molar-refractivity contribution in [2.45, 2.75) is 45.6 Å². The fourth-order valence-electron chi connectivity index (χ4n) is 2.62. The van der Waals surface area contributed by atoms with Crippen LogP contribution in [0.1, 0.15) is 39.5 Å². The van der Waals surface area contributed by atoms with Crippen LogP contribution < -0.4 is 10.6 Å². The van der Waals surface area contributed by atoms with E-state index in [9.17, 15) is 13.2 Å². The fourth-order valence-corrected chi connectivity index (χ4v) is 3.40. The van der Waals surface area contributed by atoms with Crippen LogP contribution in [0.15, 0.2) is 0 Å². The zero-order valence-corrected chi connectivity index (χ0v) is 14.9. The van der Waals surface area contributed by atoms with Crippen molar-refractivity contribution in [3.05, 3.63) is 0 Å². The van der Waals surface area contributed by atoms with Crippen LogP contribution in [-0.2, 0) is 14.6 Å². The number of halogens is 1. The van der Waals surface area contributed by atoms with E-state index in [1.807, 2.05) is 6.92 Å². The fraction of sp³-hybridized carbons (Fsp3) is 0.929. The third kappa shape index (κ3) is 9.32. The lowest BCUT2D eigenvalue weighted by Gasteiger charge is -2.28. The summed E-state index contributed by atoms with van der Waals surface area (Å²) < 4.78 is 22.2. The Bertz CT molecular complexity index is 408. The van der Waals surface area contributed by atoms with Gasteiger partial charge in [-0.05, 0) is 51.1 Å². The largest absolute Gasteiger partial charge is 0.354 e. The van der Waals surface area contributed by atoms with Crippen LogP contribution in [0.3, 0.4) is 0 Å². The molecule has 21 heavy (non-hydrogen) atoms. The van der Waals surface area contributed by atoms with Gasteiger partial charge in [-0.25, -0.2) is 8.42 Å². The zero-order valence-electron chi connectivity index (χ0n) is 13.2. The summed E-state index contributed by atoms with van der Waals surface area (Å²) >= 11 is 0. The molecular formula is C14H29ClN2O3S. The van der Waals surface area contributed by atoms with Crippen LogP contribution >= 0.6 is 12.4 Å². The van der Waals surface area contributed by atoms with Crippen LogP contribution in [0.4, 0.5) is 0 Å². The Morgan fingerprint density at radius 2 is 2.05 bits per heavy atom. The number of nitrogens with one attached hydrogen (secondary N) is 2. The molecule has 0 bridgehead atoms. The van der Waals surface area contributed by atoms with Crippen LogP contribution in [-0.4, -0.2) is 45.5 Å². The molecule has 7 heteroatoms. The van der Waals surface area contributed by atoms with Crippen molar-refractivity contribution in [3.8, 4) is 0 Å². The molecule has 1 heterocycles. The minimum Gasteiger partial charge on any atom is -0.354 e. The Morgan fingerprint density at radius 1 is 1.38 bits per heavy atom. The normalized spacial score (nSPS) is 22.0. The highest BCUT2D eigenvalue weighted by molar-refractivity contribution is 7.90. The summed E-state index contributed by atoms with van der Waals surface area (Å²) in [6.07, 6.45) is 4.59. The first-order valence-electron chi connectivity index (χ1n) is 7.45. The molecule has 1 amide bonds. The van der Waals surface area contributed by atoms with E-state index in [1.54, 1.807) is 0 Å². The maximum Gasteiger partial charge on any atom is 0.220 e. The Labute approximate surface area is 135 Å². The van der Waals surface area contributed by atoms with Gasteiger partial charge in [-0.3, -0.25) is 4.79 Å². The molecule has 1 saturated heterocycles. The molecule has 1 aliphatic rings. The molecule has 3 unspecified atom stereocenters. The highest BCUT2D eigenvalue weighted by Crippen LogP contribution is 2.22. The van der Waals surface area contributed by atoms with Crippen molar-refractivity contribution in [2.75, 3.05) is 25.1 Å². The predicted octanol–water partition coefficient (Wildman–Crippen LogP) is 1.37. The number of rotatable bonds is 7. The molecule has 0 aromatic rings. The number of hydrogen-bond donors (Lipinski definition) is 2. The van der Waals surface area contributed by atoms with Crippen molar-refractivity contribution < 1.29 is 13.2 Å². The molecule has 1 aliphatic heterocycles. The van der Waals surface area contributed by atoms with Crippen LogP contribution in [0.2, 0.25) is 0 Å². The Hall–Kier alpha value is -0.330. The topological polar surface area (TPSA) is 75.3 Å². The van der Waals surface area contributed by atoms with E-state index in [4.69, 9.17) is 0 Å². The summed E-state index contributed by atoms with van der Waals surface area (Å²) in [7, 11) is -2.95. The summed E-state index contributed by atoms with van der Waals surface area (Å²) in [4.78, 5) is 12.0. The molecule has 0 aliphatic carbocycles. The number of carbonyl (C=O) groups excluding carboxylic acids is 1. The van der Waals surface area contributed by atoms with Gasteiger partial charge < -0.3 is 10.6 Å². The van der Waals surface area contributed by atoms with E-state index in [-0.39, 0.29) is 30.1 Å². The molecule has 0 aromatic heterocycles. The SMILES string of the molecule is CC(CCS(C)(=O)=O)NC(=O)CC(C)C1CCCNC1.Cl. The first kappa shape index (κ1) is 20.7. The molecule has 1 fully saturated rings. The second-order valence-corrected chi connectivity index (χ2v) is 8.43. The van der Waals surface area contributed by atoms with Crippen molar-refractivity contribution in [3.63, 3.8) is 0 Å². The van der Waals surface area contributed by atoms with Gasteiger partial charge >= 0.3 is 0 Å². The number of amides is 1. The van der Waals surface area contributed by atoms with E-state index in [0.29, 0.717) is 24.7 Å². The van der Waals surface area contributed by atoms with Crippen molar-refractivity contribution in [1.29, 1.82) is 0 Å². The summed E-state index contributed by atoms with van der Waals surface area (Å²) in [5.41, 5.74) is 0. The lowest BCUT2D eigenvalue weighted by Crippen LogP contribution is -2.38. The average Bonchev–Trinajstić information content (AvgIpc) is 2.36. The maximum absolute atomic E-state index is 12.0. The minimum atomic E-state index is -2.95. The first-order valence-corrected chi connectivity index (χ1v) is 9.52. The van der Waals surface area contributed by atoms with Gasteiger partial charge in [0.25, 0.3) is 0 Å². The third-order valence-corrected chi connectivity index (χ3v) is 4.95. The Kier molecular flexibility index (Phi) is 9.49. The molecule has 0 spiro atoms. The lowest BCUT2D eigenvalue weighted by molar-refractivity contribution is -0.122. The van der Waals surface area contributed by atoms with E-state index in [1.165, 1.54) is 19.1 Å². The number of hydrogen-bond acceptors (Lipinski definition) is 4. The van der Waals surface area contributed by atoms with Gasteiger partial charge in [0, 0.05) is 18.7 Å². The van der Waals surface area contributed by atoms with Crippen LogP contribution in [0.25, 0.3) is 0 Å². The Balaban J connectivity index is 0.00000400. The van der Waals surface area contributed by atoms with Crippen LogP contribution in [0, 0.1) is 11.8 Å².